The second kappa shape index (κ2) is 8.71. The number of nitrogens with one attached hydrogen (secondary N) is 1. The van der Waals surface area contributed by atoms with Gasteiger partial charge in [0.2, 0.25) is 0 Å². The fourth-order valence-corrected chi connectivity index (χ4v) is 2.08. The second-order valence-electron chi connectivity index (χ2n) is 4.77. The van der Waals surface area contributed by atoms with E-state index in [0.717, 1.165) is 25.1 Å². The lowest BCUT2D eigenvalue weighted by Crippen LogP contribution is -2.25. The molecule has 0 fully saturated rings. The van der Waals surface area contributed by atoms with E-state index in [1.54, 1.807) is 17.8 Å². The standard InChI is InChI=1S/C14H25N3O3/c1-4-11(6-7-18)8-15-10-13-12(9-16-17(13)3)14(19)20-5-2/h9,11,15,18H,4-8,10H2,1-3H3. The van der Waals surface area contributed by atoms with Gasteiger partial charge in [-0.3, -0.25) is 4.68 Å². The van der Waals surface area contributed by atoms with Crippen LogP contribution in [-0.4, -0.2) is 40.6 Å². The SMILES string of the molecule is CCOC(=O)c1cnn(C)c1CNCC(CC)CCO. The Bertz CT molecular complexity index is 418. The van der Waals surface area contributed by atoms with Gasteiger partial charge in [0, 0.05) is 20.2 Å². The van der Waals surface area contributed by atoms with Crippen molar-refractivity contribution in [3.63, 3.8) is 0 Å². The summed E-state index contributed by atoms with van der Waals surface area (Å²) in [7, 11) is 1.81. The summed E-state index contributed by atoms with van der Waals surface area (Å²) in [5.41, 5.74) is 1.33. The minimum Gasteiger partial charge on any atom is -0.462 e. The number of esters is 1. The quantitative estimate of drug-likeness (QED) is 0.664. The van der Waals surface area contributed by atoms with E-state index in [0.29, 0.717) is 24.6 Å². The van der Waals surface area contributed by atoms with E-state index < -0.39 is 0 Å². The first kappa shape index (κ1) is 16.7. The highest BCUT2D eigenvalue weighted by atomic mass is 16.5. The van der Waals surface area contributed by atoms with Crippen LogP contribution in [-0.2, 0) is 18.3 Å². The molecule has 0 amide bonds. The van der Waals surface area contributed by atoms with Crippen LogP contribution in [0, 0.1) is 5.92 Å². The van der Waals surface area contributed by atoms with E-state index in [1.807, 2.05) is 7.05 Å². The number of carbonyl (C=O) groups is 1. The van der Waals surface area contributed by atoms with Gasteiger partial charge in [0.25, 0.3) is 0 Å². The Hall–Kier alpha value is -1.40. The van der Waals surface area contributed by atoms with E-state index in [1.165, 1.54) is 0 Å². The Morgan fingerprint density at radius 2 is 2.30 bits per heavy atom. The zero-order valence-electron chi connectivity index (χ0n) is 12.6. The largest absolute Gasteiger partial charge is 0.462 e. The molecule has 0 aliphatic rings. The van der Waals surface area contributed by atoms with Gasteiger partial charge in [-0.05, 0) is 25.8 Å². The maximum atomic E-state index is 11.8. The highest BCUT2D eigenvalue weighted by molar-refractivity contribution is 5.90. The van der Waals surface area contributed by atoms with Gasteiger partial charge in [0.05, 0.1) is 18.5 Å². The average Bonchev–Trinajstić information content (AvgIpc) is 2.79. The van der Waals surface area contributed by atoms with Crippen LogP contribution in [0.1, 0.15) is 42.7 Å². The number of ether oxygens (including phenoxy) is 1. The van der Waals surface area contributed by atoms with Crippen molar-refractivity contribution < 1.29 is 14.6 Å². The van der Waals surface area contributed by atoms with Crippen LogP contribution in [0.4, 0.5) is 0 Å². The van der Waals surface area contributed by atoms with Crippen molar-refractivity contribution in [2.45, 2.75) is 33.2 Å². The highest BCUT2D eigenvalue weighted by Crippen LogP contribution is 2.10. The zero-order valence-corrected chi connectivity index (χ0v) is 12.6. The summed E-state index contributed by atoms with van der Waals surface area (Å²) in [6.07, 6.45) is 3.35. The molecule has 20 heavy (non-hydrogen) atoms. The normalized spacial score (nSPS) is 12.4. The third-order valence-corrected chi connectivity index (χ3v) is 3.40. The minimum atomic E-state index is -0.334. The van der Waals surface area contributed by atoms with E-state index in [9.17, 15) is 4.79 Å². The summed E-state index contributed by atoms with van der Waals surface area (Å²) >= 11 is 0. The summed E-state index contributed by atoms with van der Waals surface area (Å²) in [5.74, 6) is 0.110. The topological polar surface area (TPSA) is 76.4 Å². The second-order valence-corrected chi connectivity index (χ2v) is 4.77. The molecule has 1 heterocycles. The Morgan fingerprint density at radius 1 is 1.55 bits per heavy atom. The summed E-state index contributed by atoms with van der Waals surface area (Å²) in [5, 5.41) is 16.4. The van der Waals surface area contributed by atoms with Crippen molar-refractivity contribution in [3.8, 4) is 0 Å². The molecule has 2 N–H and O–H groups in total. The van der Waals surface area contributed by atoms with Crippen molar-refractivity contribution in [1.82, 2.24) is 15.1 Å². The van der Waals surface area contributed by atoms with Gasteiger partial charge in [-0.25, -0.2) is 4.79 Å². The van der Waals surface area contributed by atoms with E-state index >= 15 is 0 Å². The maximum Gasteiger partial charge on any atom is 0.341 e. The zero-order chi connectivity index (χ0) is 15.0. The summed E-state index contributed by atoms with van der Waals surface area (Å²) in [6.45, 7) is 5.83. The molecule has 0 aliphatic carbocycles. The Kier molecular flexibility index (Phi) is 7.25. The number of hydrogen-bond donors (Lipinski definition) is 2. The summed E-state index contributed by atoms with van der Waals surface area (Å²) in [4.78, 5) is 11.8. The van der Waals surface area contributed by atoms with Gasteiger partial charge >= 0.3 is 5.97 Å². The molecule has 0 bridgehead atoms. The van der Waals surface area contributed by atoms with Crippen molar-refractivity contribution in [1.29, 1.82) is 0 Å². The molecule has 0 saturated carbocycles. The van der Waals surface area contributed by atoms with Crippen LogP contribution in [0.3, 0.4) is 0 Å². The summed E-state index contributed by atoms with van der Waals surface area (Å²) in [6, 6.07) is 0. The fourth-order valence-electron chi connectivity index (χ4n) is 2.08. The van der Waals surface area contributed by atoms with Gasteiger partial charge in [-0.15, -0.1) is 0 Å². The molecule has 0 aromatic carbocycles. The van der Waals surface area contributed by atoms with Gasteiger partial charge in [-0.2, -0.15) is 5.10 Å². The molecule has 114 valence electrons. The molecule has 1 aromatic rings. The number of carbonyl (C=O) groups excluding carboxylic acids is 1. The summed E-state index contributed by atoms with van der Waals surface area (Å²) < 4.78 is 6.70. The molecule has 1 aromatic heterocycles. The molecule has 0 aliphatic heterocycles. The van der Waals surface area contributed by atoms with Crippen LogP contribution in [0.15, 0.2) is 6.20 Å². The first-order valence-corrected chi connectivity index (χ1v) is 7.13. The predicted molar refractivity (Wildman–Crippen MR) is 76.4 cm³/mol. The van der Waals surface area contributed by atoms with Crippen molar-refractivity contribution in [2.75, 3.05) is 19.8 Å². The lowest BCUT2D eigenvalue weighted by molar-refractivity contribution is 0.0524. The number of rotatable bonds is 9. The third-order valence-electron chi connectivity index (χ3n) is 3.40. The molecule has 0 spiro atoms. The van der Waals surface area contributed by atoms with Crippen molar-refractivity contribution in [2.24, 2.45) is 13.0 Å². The van der Waals surface area contributed by atoms with Crippen molar-refractivity contribution in [3.05, 3.63) is 17.5 Å². The molecule has 1 rings (SSSR count). The smallest absolute Gasteiger partial charge is 0.341 e. The number of aryl methyl sites for hydroxylation is 1. The Labute approximate surface area is 120 Å². The maximum absolute atomic E-state index is 11.8. The first-order valence-electron chi connectivity index (χ1n) is 7.13. The lowest BCUT2D eigenvalue weighted by Gasteiger charge is -2.14. The van der Waals surface area contributed by atoms with Crippen LogP contribution < -0.4 is 5.32 Å². The molecule has 6 heteroatoms. The Morgan fingerprint density at radius 3 is 2.90 bits per heavy atom. The average molecular weight is 283 g/mol. The highest BCUT2D eigenvalue weighted by Gasteiger charge is 2.17. The van der Waals surface area contributed by atoms with Gasteiger partial charge in [0.15, 0.2) is 0 Å². The minimum absolute atomic E-state index is 0.208. The number of nitrogens with zero attached hydrogens (tertiary/aromatic N) is 2. The lowest BCUT2D eigenvalue weighted by atomic mass is 10.0. The van der Waals surface area contributed by atoms with Gasteiger partial charge < -0.3 is 15.2 Å². The fraction of sp³-hybridized carbons (Fsp3) is 0.714. The molecule has 1 unspecified atom stereocenters. The molecule has 1 atom stereocenters. The molecule has 6 nitrogen and oxygen atoms in total. The van der Waals surface area contributed by atoms with Crippen LogP contribution >= 0.6 is 0 Å². The van der Waals surface area contributed by atoms with Crippen molar-refractivity contribution >= 4 is 5.97 Å². The first-order chi connectivity index (χ1) is 9.63. The van der Waals surface area contributed by atoms with E-state index in [-0.39, 0.29) is 12.6 Å². The predicted octanol–water partition coefficient (Wildman–Crippen LogP) is 1.09. The van der Waals surface area contributed by atoms with Crippen LogP contribution in [0.25, 0.3) is 0 Å². The van der Waals surface area contributed by atoms with E-state index in [4.69, 9.17) is 9.84 Å². The van der Waals surface area contributed by atoms with E-state index in [2.05, 4.69) is 17.3 Å². The molecular weight excluding hydrogens is 258 g/mol. The molecular formula is C14H25N3O3. The monoisotopic (exact) mass is 283 g/mol. The molecule has 0 saturated heterocycles. The van der Waals surface area contributed by atoms with Crippen LogP contribution in [0.2, 0.25) is 0 Å². The molecule has 0 radical (unpaired) electrons. The Balaban J connectivity index is 2.59. The van der Waals surface area contributed by atoms with Gasteiger partial charge in [0.1, 0.15) is 5.56 Å². The van der Waals surface area contributed by atoms with Gasteiger partial charge in [-0.1, -0.05) is 13.3 Å². The van der Waals surface area contributed by atoms with Crippen LogP contribution in [0.5, 0.6) is 0 Å². The number of aromatic nitrogens is 2. The number of aliphatic hydroxyl groups excluding tert-OH is 1. The number of hydrogen-bond acceptors (Lipinski definition) is 5. The third kappa shape index (κ3) is 4.61. The number of aliphatic hydroxyl groups is 1.